The third-order valence-corrected chi connectivity index (χ3v) is 3.41. The molecule has 6 nitrogen and oxygen atoms in total. The molecule has 0 spiro atoms. The summed E-state index contributed by atoms with van der Waals surface area (Å²) in [5.74, 6) is 0.998. The van der Waals surface area contributed by atoms with Crippen LogP contribution < -0.4 is 0 Å². The van der Waals surface area contributed by atoms with Crippen molar-refractivity contribution < 1.29 is 29.2 Å². The smallest absolute Gasteiger partial charge is 0.111 e. The lowest BCUT2D eigenvalue weighted by Gasteiger charge is -2.13. The molecule has 0 aliphatic carbocycles. The van der Waals surface area contributed by atoms with Crippen molar-refractivity contribution in [2.24, 2.45) is 0 Å². The molecule has 0 amide bonds. The van der Waals surface area contributed by atoms with Crippen molar-refractivity contribution in [3.05, 3.63) is 25.7 Å². The molecule has 0 rings (SSSR count). The van der Waals surface area contributed by atoms with Gasteiger partial charge in [-0.1, -0.05) is 13.2 Å². The van der Waals surface area contributed by atoms with Gasteiger partial charge in [-0.3, -0.25) is 0 Å². The van der Waals surface area contributed by atoms with Gasteiger partial charge in [-0.25, -0.2) is 0 Å². The Bertz CT molecular complexity index is 228. The van der Waals surface area contributed by atoms with Crippen LogP contribution in [0.1, 0.15) is 0 Å². The topological polar surface area (TPSA) is 77.4 Å². The molecule has 0 aliphatic rings. The first-order valence-electron chi connectivity index (χ1n) is 6.75. The number of thioether (sulfide) groups is 1. The van der Waals surface area contributed by atoms with Crippen LogP contribution in [-0.4, -0.2) is 73.6 Å². The van der Waals surface area contributed by atoms with E-state index in [0.717, 1.165) is 0 Å². The molecule has 0 aromatic heterocycles. The highest BCUT2D eigenvalue weighted by molar-refractivity contribution is 7.99. The van der Waals surface area contributed by atoms with E-state index in [2.05, 4.69) is 13.2 Å². The minimum Gasteiger partial charge on any atom is -0.499 e. The first-order valence-corrected chi connectivity index (χ1v) is 7.90. The van der Waals surface area contributed by atoms with Crippen molar-refractivity contribution in [2.45, 2.75) is 12.2 Å². The quantitative estimate of drug-likeness (QED) is 0.321. The van der Waals surface area contributed by atoms with E-state index in [0.29, 0.717) is 37.9 Å². The number of aliphatic hydroxyl groups is 2. The van der Waals surface area contributed by atoms with E-state index in [1.165, 1.54) is 24.3 Å². The minimum absolute atomic E-state index is 0.249. The van der Waals surface area contributed by atoms with Crippen LogP contribution in [0.25, 0.3) is 0 Å². The van der Waals surface area contributed by atoms with E-state index in [-0.39, 0.29) is 13.2 Å². The van der Waals surface area contributed by atoms with E-state index in [1.807, 2.05) is 0 Å². The Kier molecular flexibility index (Phi) is 15.1. The summed E-state index contributed by atoms with van der Waals surface area (Å²) in [4.78, 5) is 0. The second kappa shape index (κ2) is 15.7. The van der Waals surface area contributed by atoms with Crippen molar-refractivity contribution in [3.8, 4) is 0 Å². The summed E-state index contributed by atoms with van der Waals surface area (Å²) in [7, 11) is 0. The second-order valence-electron chi connectivity index (χ2n) is 4.07. The standard InChI is InChI=1S/C14H26O6S/c1-3-17-5-7-19-9-13(15)11-21-12-14(16)10-20-8-6-18-4-2/h3-4,13-16H,1-2,5-12H2. The molecule has 0 fully saturated rings. The Morgan fingerprint density at radius 1 is 0.810 bits per heavy atom. The number of hydrogen-bond donors (Lipinski definition) is 2. The van der Waals surface area contributed by atoms with Crippen molar-refractivity contribution in [1.82, 2.24) is 0 Å². The molecule has 0 heterocycles. The molecule has 124 valence electrons. The zero-order valence-electron chi connectivity index (χ0n) is 12.3. The summed E-state index contributed by atoms with van der Waals surface area (Å²) < 4.78 is 20.2. The van der Waals surface area contributed by atoms with E-state index in [4.69, 9.17) is 18.9 Å². The van der Waals surface area contributed by atoms with Gasteiger partial charge in [0.25, 0.3) is 0 Å². The molecule has 0 saturated carbocycles. The zero-order chi connectivity index (χ0) is 15.8. The molecule has 21 heavy (non-hydrogen) atoms. The highest BCUT2D eigenvalue weighted by Crippen LogP contribution is 2.06. The molecule has 2 unspecified atom stereocenters. The van der Waals surface area contributed by atoms with E-state index in [1.54, 1.807) is 0 Å². The average molecular weight is 322 g/mol. The maximum Gasteiger partial charge on any atom is 0.111 e. The largest absolute Gasteiger partial charge is 0.499 e. The van der Waals surface area contributed by atoms with Crippen LogP contribution in [0.2, 0.25) is 0 Å². The first kappa shape index (κ1) is 20.3. The van der Waals surface area contributed by atoms with E-state index >= 15 is 0 Å². The van der Waals surface area contributed by atoms with Gasteiger partial charge >= 0.3 is 0 Å². The third-order valence-electron chi connectivity index (χ3n) is 2.17. The summed E-state index contributed by atoms with van der Waals surface area (Å²) in [6, 6.07) is 0. The van der Waals surface area contributed by atoms with E-state index in [9.17, 15) is 10.2 Å². The number of rotatable bonds is 16. The Balaban J connectivity index is 3.33. The van der Waals surface area contributed by atoms with Crippen molar-refractivity contribution in [1.29, 1.82) is 0 Å². The normalized spacial score (nSPS) is 13.4. The first-order chi connectivity index (χ1) is 10.2. The van der Waals surface area contributed by atoms with Crippen LogP contribution in [0.4, 0.5) is 0 Å². The molecule has 0 saturated heterocycles. The Hall–Kier alpha value is -0.730. The molecule has 2 atom stereocenters. The average Bonchev–Trinajstić information content (AvgIpc) is 2.47. The summed E-state index contributed by atoms with van der Waals surface area (Å²) >= 11 is 1.45. The highest BCUT2D eigenvalue weighted by atomic mass is 32.2. The Labute approximate surface area is 130 Å². The predicted molar refractivity (Wildman–Crippen MR) is 83.3 cm³/mol. The molecule has 0 aromatic rings. The third kappa shape index (κ3) is 15.5. The fourth-order valence-corrected chi connectivity index (χ4v) is 2.13. The van der Waals surface area contributed by atoms with Gasteiger partial charge in [-0.15, -0.1) is 0 Å². The molecular weight excluding hydrogens is 296 g/mol. The number of ether oxygens (including phenoxy) is 4. The summed E-state index contributed by atoms with van der Waals surface area (Å²) in [5.41, 5.74) is 0. The maximum absolute atomic E-state index is 9.65. The van der Waals surface area contributed by atoms with Crippen molar-refractivity contribution in [2.75, 3.05) is 51.1 Å². The minimum atomic E-state index is -0.562. The molecular formula is C14H26O6S. The molecule has 0 aliphatic heterocycles. The monoisotopic (exact) mass is 322 g/mol. The SMILES string of the molecule is C=COCCOCC(O)CSCC(O)COCCOC=C. The van der Waals surface area contributed by atoms with Gasteiger partial charge < -0.3 is 29.2 Å². The van der Waals surface area contributed by atoms with Crippen LogP contribution in [-0.2, 0) is 18.9 Å². The van der Waals surface area contributed by atoms with Gasteiger partial charge in [-0.2, -0.15) is 11.8 Å². The van der Waals surface area contributed by atoms with Crippen molar-refractivity contribution >= 4 is 11.8 Å². The van der Waals surface area contributed by atoms with Crippen LogP contribution in [0.15, 0.2) is 25.7 Å². The van der Waals surface area contributed by atoms with Crippen LogP contribution >= 0.6 is 11.8 Å². The molecule has 0 aromatic carbocycles. The van der Waals surface area contributed by atoms with Gasteiger partial charge in [-0.05, 0) is 0 Å². The van der Waals surface area contributed by atoms with Crippen LogP contribution in [0, 0.1) is 0 Å². The molecule has 7 heteroatoms. The van der Waals surface area contributed by atoms with Gasteiger partial charge in [0.2, 0.25) is 0 Å². The predicted octanol–water partition coefficient (Wildman–Crippen LogP) is 0.795. The van der Waals surface area contributed by atoms with Gasteiger partial charge in [0, 0.05) is 11.5 Å². The Morgan fingerprint density at radius 3 is 1.62 bits per heavy atom. The maximum atomic E-state index is 9.65. The van der Waals surface area contributed by atoms with Crippen LogP contribution in [0.5, 0.6) is 0 Å². The van der Waals surface area contributed by atoms with Crippen molar-refractivity contribution in [3.63, 3.8) is 0 Å². The highest BCUT2D eigenvalue weighted by Gasteiger charge is 2.08. The zero-order valence-corrected chi connectivity index (χ0v) is 13.1. The van der Waals surface area contributed by atoms with Crippen LogP contribution in [0.3, 0.4) is 0 Å². The number of hydrogen-bond acceptors (Lipinski definition) is 7. The molecule has 2 N–H and O–H groups in total. The van der Waals surface area contributed by atoms with Gasteiger partial charge in [0.1, 0.15) is 13.2 Å². The lowest BCUT2D eigenvalue weighted by atomic mass is 10.4. The summed E-state index contributed by atoms with van der Waals surface area (Å²) in [6.07, 6.45) is 1.58. The fourth-order valence-electron chi connectivity index (χ4n) is 1.26. The lowest BCUT2D eigenvalue weighted by molar-refractivity contribution is 0.0263. The summed E-state index contributed by atoms with van der Waals surface area (Å²) in [5, 5.41) is 19.3. The number of aliphatic hydroxyl groups excluding tert-OH is 2. The second-order valence-corrected chi connectivity index (χ2v) is 5.14. The van der Waals surface area contributed by atoms with Gasteiger partial charge in [0.15, 0.2) is 0 Å². The summed E-state index contributed by atoms with van der Waals surface area (Å²) in [6.45, 7) is 9.00. The Morgan fingerprint density at radius 2 is 1.24 bits per heavy atom. The lowest BCUT2D eigenvalue weighted by Crippen LogP contribution is -2.23. The fraction of sp³-hybridized carbons (Fsp3) is 0.714. The van der Waals surface area contributed by atoms with E-state index < -0.39 is 12.2 Å². The van der Waals surface area contributed by atoms with Gasteiger partial charge in [0.05, 0.1) is 51.2 Å². The molecule has 0 bridgehead atoms. The molecule has 0 radical (unpaired) electrons.